The van der Waals surface area contributed by atoms with Gasteiger partial charge in [-0.15, -0.1) is 0 Å². The van der Waals surface area contributed by atoms with Gasteiger partial charge in [-0.1, -0.05) is 27.2 Å². The van der Waals surface area contributed by atoms with E-state index in [0.717, 1.165) is 12.0 Å². The van der Waals surface area contributed by atoms with Crippen molar-refractivity contribution in [3.63, 3.8) is 0 Å². The predicted molar refractivity (Wildman–Crippen MR) is 44.7 cm³/mol. The van der Waals surface area contributed by atoms with Gasteiger partial charge in [0.25, 0.3) is 0 Å². The molecule has 0 aromatic rings. The van der Waals surface area contributed by atoms with Gasteiger partial charge >= 0.3 is 0 Å². The second-order valence-electron chi connectivity index (χ2n) is 2.93. The Hall–Kier alpha value is -0.0400. The molecule has 0 aliphatic rings. The Balaban J connectivity index is 0. The lowest BCUT2D eigenvalue weighted by Gasteiger charge is -2.18. The molecule has 1 N–H and O–H groups in total. The van der Waals surface area contributed by atoms with Crippen molar-refractivity contribution in [3.8, 4) is 0 Å². The van der Waals surface area contributed by atoms with Gasteiger partial charge in [-0.05, 0) is 19.4 Å². The predicted octanol–water partition coefficient (Wildman–Crippen LogP) is 2.28. The van der Waals surface area contributed by atoms with Crippen LogP contribution in [0.2, 0.25) is 0 Å². The van der Waals surface area contributed by atoms with Gasteiger partial charge in [0.1, 0.15) is 0 Å². The lowest BCUT2D eigenvalue weighted by molar-refractivity contribution is 0.399. The molecule has 0 saturated heterocycles. The molecule has 0 saturated carbocycles. The summed E-state index contributed by atoms with van der Waals surface area (Å²) in [5.41, 5.74) is 0. The van der Waals surface area contributed by atoms with Crippen molar-refractivity contribution in [2.24, 2.45) is 5.92 Å². The van der Waals surface area contributed by atoms with Gasteiger partial charge in [0.15, 0.2) is 0 Å². The summed E-state index contributed by atoms with van der Waals surface area (Å²) in [6.07, 6.45) is 2.58. The topological polar surface area (TPSA) is 12.0 Å². The zero-order valence-corrected chi connectivity index (χ0v) is 7.07. The molecule has 9 heavy (non-hydrogen) atoms. The van der Waals surface area contributed by atoms with Crippen molar-refractivity contribution >= 4 is 0 Å². The molecule has 0 bridgehead atoms. The van der Waals surface area contributed by atoms with Gasteiger partial charge < -0.3 is 5.32 Å². The summed E-state index contributed by atoms with van der Waals surface area (Å²) in [5, 5.41) is 3.30. The van der Waals surface area contributed by atoms with Crippen molar-refractivity contribution in [2.75, 3.05) is 7.05 Å². The van der Waals surface area contributed by atoms with E-state index in [9.17, 15) is 0 Å². The first kappa shape index (κ1) is 8.96. The van der Waals surface area contributed by atoms with Crippen LogP contribution in [-0.4, -0.2) is 13.1 Å². The van der Waals surface area contributed by atoms with Gasteiger partial charge in [-0.2, -0.15) is 0 Å². The molecule has 0 heterocycles. The summed E-state index contributed by atoms with van der Waals surface area (Å²) in [7, 11) is 2.04. The molecule has 0 spiro atoms. The zero-order chi connectivity index (χ0) is 7.28. The molecule has 1 atom stereocenters. The maximum Gasteiger partial charge on any atom is 0.00869 e. The van der Waals surface area contributed by atoms with E-state index in [4.69, 9.17) is 0 Å². The highest BCUT2D eigenvalue weighted by Gasteiger charge is 2.07. The number of nitrogens with one attached hydrogen (secondary N) is 1. The number of hydrogen-bond donors (Lipinski definition) is 1. The highest BCUT2D eigenvalue weighted by atomic mass is 14.9. The Bertz CT molecular complexity index is 64.3. The van der Waals surface area contributed by atoms with Crippen molar-refractivity contribution in [1.29, 1.82) is 0 Å². The van der Waals surface area contributed by atoms with Crippen LogP contribution < -0.4 is 5.32 Å². The minimum atomic E-state index is 0. The van der Waals surface area contributed by atoms with Crippen LogP contribution in [-0.2, 0) is 0 Å². The molecule has 1 nitrogen and oxygen atoms in total. The Morgan fingerprint density at radius 2 is 2.00 bits per heavy atom. The molecule has 0 aliphatic heterocycles. The number of hydrogen-bond acceptors (Lipinski definition) is 1. The van der Waals surface area contributed by atoms with Gasteiger partial charge in [0.05, 0.1) is 0 Å². The fraction of sp³-hybridized carbons (Fsp3) is 1.00. The lowest BCUT2D eigenvalue weighted by atomic mass is 10.0. The second-order valence-corrected chi connectivity index (χ2v) is 2.93. The van der Waals surface area contributed by atoms with Gasteiger partial charge in [0.2, 0.25) is 0 Å². The fourth-order valence-corrected chi connectivity index (χ4v) is 1.12. The summed E-state index contributed by atoms with van der Waals surface area (Å²) in [4.78, 5) is 0. The van der Waals surface area contributed by atoms with E-state index >= 15 is 0 Å². The highest BCUT2D eigenvalue weighted by molar-refractivity contribution is 4.66. The smallest absolute Gasteiger partial charge is 0.00869 e. The van der Waals surface area contributed by atoms with Crippen LogP contribution in [0.5, 0.6) is 0 Å². The van der Waals surface area contributed by atoms with Crippen molar-refractivity contribution in [3.05, 3.63) is 0 Å². The molecule has 0 unspecified atom stereocenters. The number of rotatable bonds is 4. The van der Waals surface area contributed by atoms with Crippen LogP contribution in [0, 0.1) is 5.92 Å². The third-order valence-corrected chi connectivity index (χ3v) is 1.78. The first-order valence-electron chi connectivity index (χ1n) is 3.89. The largest absolute Gasteiger partial charge is 0.317 e. The van der Waals surface area contributed by atoms with Crippen molar-refractivity contribution in [2.45, 2.75) is 39.7 Å². The maximum atomic E-state index is 3.30. The highest BCUT2D eigenvalue weighted by Crippen LogP contribution is 2.06. The quantitative estimate of drug-likeness (QED) is 0.617. The fourth-order valence-electron chi connectivity index (χ4n) is 1.12. The van der Waals surface area contributed by atoms with Gasteiger partial charge in [-0.25, -0.2) is 0 Å². The van der Waals surface area contributed by atoms with Crippen molar-refractivity contribution < 1.29 is 1.43 Å². The molecule has 1 heteroatoms. The SMILES string of the molecule is CCC[C@H](NC)C(C)C.[HH]. The lowest BCUT2D eigenvalue weighted by Crippen LogP contribution is -2.30. The normalized spacial score (nSPS) is 14.3. The summed E-state index contributed by atoms with van der Waals surface area (Å²) >= 11 is 0. The van der Waals surface area contributed by atoms with Gasteiger partial charge in [-0.3, -0.25) is 0 Å². The monoisotopic (exact) mass is 131 g/mol. The van der Waals surface area contributed by atoms with Gasteiger partial charge in [0, 0.05) is 7.47 Å². The van der Waals surface area contributed by atoms with Crippen LogP contribution in [0.15, 0.2) is 0 Å². The van der Waals surface area contributed by atoms with E-state index in [2.05, 4.69) is 26.1 Å². The minimum Gasteiger partial charge on any atom is -0.317 e. The van der Waals surface area contributed by atoms with E-state index in [1.165, 1.54) is 12.8 Å². The van der Waals surface area contributed by atoms with Crippen LogP contribution >= 0.6 is 0 Å². The zero-order valence-electron chi connectivity index (χ0n) is 7.07. The molecule has 0 aromatic heterocycles. The maximum absolute atomic E-state index is 3.30. The molecule has 58 valence electrons. The van der Waals surface area contributed by atoms with Crippen LogP contribution in [0.4, 0.5) is 0 Å². The average Bonchev–Trinajstić information content (AvgIpc) is 1.82. The summed E-state index contributed by atoms with van der Waals surface area (Å²) < 4.78 is 0. The summed E-state index contributed by atoms with van der Waals surface area (Å²) in [6.45, 7) is 6.75. The van der Waals surface area contributed by atoms with E-state index < -0.39 is 0 Å². The first-order chi connectivity index (χ1) is 4.22. The third kappa shape index (κ3) is 3.52. The van der Waals surface area contributed by atoms with E-state index in [-0.39, 0.29) is 1.43 Å². The average molecular weight is 131 g/mol. The van der Waals surface area contributed by atoms with E-state index in [1.807, 2.05) is 7.05 Å². The third-order valence-electron chi connectivity index (χ3n) is 1.78. The molecular weight excluding hydrogens is 110 g/mol. The van der Waals surface area contributed by atoms with Crippen LogP contribution in [0.3, 0.4) is 0 Å². The Labute approximate surface area is 60.3 Å². The Morgan fingerprint density at radius 3 is 2.11 bits per heavy atom. The first-order valence-corrected chi connectivity index (χ1v) is 3.89. The molecule has 0 fully saturated rings. The minimum absolute atomic E-state index is 0. The summed E-state index contributed by atoms with van der Waals surface area (Å²) in [5.74, 6) is 0.773. The van der Waals surface area contributed by atoms with E-state index in [0.29, 0.717) is 0 Å². The molecule has 0 aliphatic carbocycles. The Kier molecular flexibility index (Phi) is 4.78. The molecule has 0 aromatic carbocycles. The van der Waals surface area contributed by atoms with Crippen LogP contribution in [0.25, 0.3) is 0 Å². The molecular formula is C8H21N. The molecule has 0 rings (SSSR count). The van der Waals surface area contributed by atoms with E-state index in [1.54, 1.807) is 0 Å². The second kappa shape index (κ2) is 4.80. The summed E-state index contributed by atoms with van der Waals surface area (Å²) in [6, 6.07) is 0.718. The Morgan fingerprint density at radius 1 is 1.44 bits per heavy atom. The standard InChI is InChI=1S/C8H19N.H2/c1-5-6-8(9-4)7(2)3;/h7-9H,5-6H2,1-4H3;1H/t8-;/m0./s1. The van der Waals surface area contributed by atoms with Crippen molar-refractivity contribution in [1.82, 2.24) is 5.32 Å². The van der Waals surface area contributed by atoms with Crippen LogP contribution in [0.1, 0.15) is 35.0 Å². The molecule has 0 amide bonds. The molecule has 0 radical (unpaired) electrons.